The van der Waals surface area contributed by atoms with E-state index >= 15 is 0 Å². The normalized spacial score (nSPS) is 34.7. The number of alkyl halides is 3. The molecule has 3 nitrogen and oxygen atoms in total. The van der Waals surface area contributed by atoms with Gasteiger partial charge in [-0.25, -0.2) is 0 Å². The van der Waals surface area contributed by atoms with Crippen molar-refractivity contribution in [2.75, 3.05) is 0 Å². The van der Waals surface area contributed by atoms with Gasteiger partial charge in [-0.1, -0.05) is 0 Å². The summed E-state index contributed by atoms with van der Waals surface area (Å²) >= 11 is 0. The molecule has 0 radical (unpaired) electrons. The monoisotopic (exact) mass is 222 g/mol. The van der Waals surface area contributed by atoms with Gasteiger partial charge in [0.05, 0.1) is 12.2 Å². The molecule has 1 aliphatic carbocycles. The first-order valence-corrected chi connectivity index (χ1v) is 4.95. The third-order valence-corrected chi connectivity index (χ3v) is 3.20. The number of nitrogens with one attached hydrogen (secondary N) is 1. The van der Waals surface area contributed by atoms with Crippen LogP contribution in [-0.2, 0) is 4.79 Å². The summed E-state index contributed by atoms with van der Waals surface area (Å²) in [4.78, 5) is 12.6. The molecule has 0 aromatic heterocycles. The van der Waals surface area contributed by atoms with Crippen LogP contribution in [0.25, 0.3) is 0 Å². The van der Waals surface area contributed by atoms with E-state index in [4.69, 9.17) is 0 Å². The zero-order valence-corrected chi connectivity index (χ0v) is 8.56. The Morgan fingerprint density at radius 1 is 1.40 bits per heavy atom. The van der Waals surface area contributed by atoms with Crippen LogP contribution in [0.3, 0.4) is 0 Å². The molecule has 6 heteroatoms. The van der Waals surface area contributed by atoms with E-state index in [1.165, 1.54) is 0 Å². The summed E-state index contributed by atoms with van der Waals surface area (Å²) in [5.41, 5.74) is -1.89. The number of amides is 1. The van der Waals surface area contributed by atoms with Gasteiger partial charge in [0, 0.05) is 0 Å². The molecule has 0 aromatic rings. The smallest absolute Gasteiger partial charge is 0.311 e. The zero-order valence-electron chi connectivity index (χ0n) is 8.56. The molecule has 1 N–H and O–H groups in total. The Balaban J connectivity index is 2.28. The van der Waals surface area contributed by atoms with Gasteiger partial charge in [-0.05, 0) is 26.7 Å². The summed E-state index contributed by atoms with van der Waals surface area (Å²) in [6, 6.07) is -0.514. The maximum Gasteiger partial charge on any atom is 0.411 e. The van der Waals surface area contributed by atoms with Crippen LogP contribution < -0.4 is 5.32 Å². The van der Waals surface area contributed by atoms with E-state index in [1.54, 1.807) is 13.8 Å². The van der Waals surface area contributed by atoms with Crippen LogP contribution in [0.5, 0.6) is 0 Å². The van der Waals surface area contributed by atoms with Gasteiger partial charge in [-0.15, -0.1) is 0 Å². The lowest BCUT2D eigenvalue weighted by Gasteiger charge is -2.32. The highest BCUT2D eigenvalue weighted by atomic mass is 19.4. The first-order valence-electron chi connectivity index (χ1n) is 4.95. The maximum absolute atomic E-state index is 12.8. The van der Waals surface area contributed by atoms with Crippen LogP contribution in [0, 0.1) is 0 Å². The summed E-state index contributed by atoms with van der Waals surface area (Å²) in [5, 5.41) is 2.81. The van der Waals surface area contributed by atoms with Gasteiger partial charge in [0.1, 0.15) is 5.54 Å². The third kappa shape index (κ3) is 1.34. The van der Waals surface area contributed by atoms with Crippen molar-refractivity contribution in [3.63, 3.8) is 0 Å². The van der Waals surface area contributed by atoms with Gasteiger partial charge in [0.25, 0.3) is 0 Å². The van der Waals surface area contributed by atoms with Crippen molar-refractivity contribution in [1.29, 1.82) is 0 Å². The second-order valence-corrected chi connectivity index (χ2v) is 4.30. The Morgan fingerprint density at radius 2 is 1.93 bits per heavy atom. The van der Waals surface area contributed by atoms with Crippen molar-refractivity contribution in [3.8, 4) is 0 Å². The molecule has 2 atom stereocenters. The highest BCUT2D eigenvalue weighted by Gasteiger charge is 2.70. The Kier molecular flexibility index (Phi) is 2.05. The molecular formula is C9H13F3N2O. The standard InChI is InChI=1S/C9H13F3N2O/c1-5-7(15)14(6(2)13-5)8(3-4-8)9(10,11)12/h5-6,13H,3-4H2,1-2H3. The number of carbonyl (C=O) groups excluding carboxylic acids is 1. The Labute approximate surface area is 85.6 Å². The van der Waals surface area contributed by atoms with Crippen LogP contribution in [0.4, 0.5) is 13.2 Å². The number of hydrogen-bond acceptors (Lipinski definition) is 2. The second kappa shape index (κ2) is 2.87. The summed E-state index contributed by atoms with van der Waals surface area (Å²) in [6.45, 7) is 3.18. The van der Waals surface area contributed by atoms with Crippen LogP contribution in [0.1, 0.15) is 26.7 Å². The number of rotatable bonds is 1. The van der Waals surface area contributed by atoms with Crippen molar-refractivity contribution in [3.05, 3.63) is 0 Å². The molecule has 2 aliphatic rings. The molecule has 1 saturated heterocycles. The van der Waals surface area contributed by atoms with Gasteiger partial charge >= 0.3 is 6.18 Å². The van der Waals surface area contributed by atoms with E-state index in [-0.39, 0.29) is 12.8 Å². The van der Waals surface area contributed by atoms with Crippen molar-refractivity contribution >= 4 is 5.91 Å². The molecule has 2 unspecified atom stereocenters. The lowest BCUT2D eigenvalue weighted by Crippen LogP contribution is -2.53. The average molecular weight is 222 g/mol. The van der Waals surface area contributed by atoms with Crippen LogP contribution in [-0.4, -0.2) is 34.7 Å². The average Bonchev–Trinajstić information content (AvgIpc) is 2.79. The van der Waals surface area contributed by atoms with E-state index < -0.39 is 29.8 Å². The van der Waals surface area contributed by atoms with E-state index in [0.717, 1.165) is 4.90 Å². The quantitative estimate of drug-likeness (QED) is 0.724. The number of halogens is 3. The maximum atomic E-state index is 12.8. The number of nitrogens with zero attached hydrogens (tertiary/aromatic N) is 1. The van der Waals surface area contributed by atoms with Gasteiger partial charge < -0.3 is 4.90 Å². The minimum atomic E-state index is -4.32. The first kappa shape index (κ1) is 10.7. The molecule has 2 fully saturated rings. The fourth-order valence-corrected chi connectivity index (χ4v) is 2.27. The van der Waals surface area contributed by atoms with Gasteiger partial charge in [0.15, 0.2) is 0 Å². The minimum absolute atomic E-state index is 0.0288. The van der Waals surface area contributed by atoms with Gasteiger partial charge in [0.2, 0.25) is 5.91 Å². The SMILES string of the molecule is CC1NC(C)N(C2(C(F)(F)F)CC2)C1=O. The summed E-state index contributed by atoms with van der Waals surface area (Å²) in [6.07, 6.45) is -4.79. The van der Waals surface area contributed by atoms with Crippen LogP contribution in [0.15, 0.2) is 0 Å². The number of hydrogen-bond donors (Lipinski definition) is 1. The van der Waals surface area contributed by atoms with Crippen LogP contribution in [0.2, 0.25) is 0 Å². The predicted octanol–water partition coefficient (Wildman–Crippen LogP) is 1.25. The highest BCUT2D eigenvalue weighted by molar-refractivity contribution is 5.85. The number of carbonyl (C=O) groups is 1. The third-order valence-electron chi connectivity index (χ3n) is 3.20. The molecular weight excluding hydrogens is 209 g/mol. The molecule has 0 aromatic carbocycles. The predicted molar refractivity (Wildman–Crippen MR) is 46.9 cm³/mol. The molecule has 86 valence electrons. The molecule has 1 saturated carbocycles. The van der Waals surface area contributed by atoms with E-state index in [2.05, 4.69) is 5.32 Å². The Bertz CT molecular complexity index is 298. The van der Waals surface area contributed by atoms with Crippen LogP contribution >= 0.6 is 0 Å². The molecule has 0 bridgehead atoms. The molecule has 1 amide bonds. The molecule has 0 spiro atoms. The Hall–Kier alpha value is -0.780. The summed E-state index contributed by atoms with van der Waals surface area (Å²) < 4.78 is 38.4. The fraction of sp³-hybridized carbons (Fsp3) is 0.889. The zero-order chi connectivity index (χ0) is 11.4. The summed E-state index contributed by atoms with van der Waals surface area (Å²) in [7, 11) is 0. The topological polar surface area (TPSA) is 32.3 Å². The fourth-order valence-electron chi connectivity index (χ4n) is 2.27. The van der Waals surface area contributed by atoms with E-state index in [0.29, 0.717) is 0 Å². The molecule has 1 aliphatic heterocycles. The van der Waals surface area contributed by atoms with Crippen molar-refractivity contribution < 1.29 is 18.0 Å². The van der Waals surface area contributed by atoms with Gasteiger partial charge in [-0.3, -0.25) is 10.1 Å². The largest absolute Gasteiger partial charge is 0.411 e. The van der Waals surface area contributed by atoms with E-state index in [1.807, 2.05) is 0 Å². The minimum Gasteiger partial charge on any atom is -0.311 e. The first-order chi connectivity index (χ1) is 6.79. The van der Waals surface area contributed by atoms with E-state index in [9.17, 15) is 18.0 Å². The van der Waals surface area contributed by atoms with Gasteiger partial charge in [-0.2, -0.15) is 13.2 Å². The molecule has 1 heterocycles. The molecule has 15 heavy (non-hydrogen) atoms. The second-order valence-electron chi connectivity index (χ2n) is 4.30. The lowest BCUT2D eigenvalue weighted by molar-refractivity contribution is -0.201. The summed E-state index contributed by atoms with van der Waals surface area (Å²) in [5.74, 6) is -0.447. The van der Waals surface area contributed by atoms with Crippen molar-refractivity contribution in [1.82, 2.24) is 10.2 Å². The highest BCUT2D eigenvalue weighted by Crippen LogP contribution is 2.54. The lowest BCUT2D eigenvalue weighted by atomic mass is 10.2. The Morgan fingerprint density at radius 3 is 2.20 bits per heavy atom. The van der Waals surface area contributed by atoms with Crippen molar-refractivity contribution in [2.45, 2.75) is 50.6 Å². The van der Waals surface area contributed by atoms with Crippen molar-refractivity contribution in [2.24, 2.45) is 0 Å². The molecule has 2 rings (SSSR count).